The molecule has 0 unspecified atom stereocenters. The second-order valence-electron chi connectivity index (χ2n) is 4.09. The summed E-state index contributed by atoms with van der Waals surface area (Å²) in [6.45, 7) is 4.78. The minimum absolute atomic E-state index is 0.0206. The van der Waals surface area contributed by atoms with E-state index < -0.39 is 16.4 Å². The normalized spacial score (nSPS) is 10.9. The molecule has 0 amide bonds. The van der Waals surface area contributed by atoms with Crippen LogP contribution < -0.4 is 0 Å². The topological polar surface area (TPSA) is 86.5 Å². The molecule has 0 saturated carbocycles. The van der Waals surface area contributed by atoms with Gasteiger partial charge in [-0.15, -0.1) is 0 Å². The predicted octanol–water partition coefficient (Wildman–Crippen LogP) is 1.34. The van der Waals surface area contributed by atoms with Gasteiger partial charge in [0.2, 0.25) is 5.54 Å². The molecule has 0 aromatic heterocycles. The van der Waals surface area contributed by atoms with Gasteiger partial charge in [0.25, 0.3) is 0 Å². The summed E-state index contributed by atoms with van der Waals surface area (Å²) < 4.78 is 4.60. The molecule has 0 rings (SSSR count). The predicted molar refractivity (Wildman–Crippen MR) is 56.6 cm³/mol. The van der Waals surface area contributed by atoms with Gasteiger partial charge in [-0.2, -0.15) is 0 Å². The van der Waals surface area contributed by atoms with Crippen molar-refractivity contribution < 1.29 is 19.2 Å². The van der Waals surface area contributed by atoms with Crippen molar-refractivity contribution in [3.8, 4) is 0 Å². The van der Waals surface area contributed by atoms with Crippen LogP contribution in [0.4, 0.5) is 0 Å². The molecule has 0 spiro atoms. The van der Waals surface area contributed by atoms with Gasteiger partial charge < -0.3 is 4.74 Å². The van der Waals surface area contributed by atoms with Crippen molar-refractivity contribution in [3.63, 3.8) is 0 Å². The van der Waals surface area contributed by atoms with Gasteiger partial charge >= 0.3 is 5.97 Å². The molecule has 6 nitrogen and oxygen atoms in total. The number of esters is 1. The average Bonchev–Trinajstić information content (AvgIpc) is 2.15. The number of ether oxygens (including phenoxy) is 1. The van der Waals surface area contributed by atoms with Crippen LogP contribution >= 0.6 is 0 Å². The van der Waals surface area contributed by atoms with Crippen LogP contribution in [0.2, 0.25) is 0 Å². The summed E-state index contributed by atoms with van der Waals surface area (Å²) in [5, 5.41) is 10.6. The maximum absolute atomic E-state index is 11.3. The average molecular weight is 231 g/mol. The quantitative estimate of drug-likeness (QED) is 0.285. The molecule has 16 heavy (non-hydrogen) atoms. The van der Waals surface area contributed by atoms with Gasteiger partial charge in [0.05, 0.1) is 6.61 Å². The summed E-state index contributed by atoms with van der Waals surface area (Å²) in [6.07, 6.45) is -0.160. The number of nitro groups is 1. The molecule has 0 aliphatic rings. The van der Waals surface area contributed by atoms with Crippen LogP contribution in [-0.2, 0) is 14.3 Å². The van der Waals surface area contributed by atoms with Gasteiger partial charge in [0, 0.05) is 31.6 Å². The maximum Gasteiger partial charge on any atom is 0.313 e. The highest BCUT2D eigenvalue weighted by atomic mass is 16.6. The lowest BCUT2D eigenvalue weighted by Gasteiger charge is -2.14. The molecule has 0 aromatic carbocycles. The van der Waals surface area contributed by atoms with E-state index >= 15 is 0 Å². The summed E-state index contributed by atoms with van der Waals surface area (Å²) in [7, 11) is 0. The number of carbonyl (C=O) groups is 2. The second kappa shape index (κ2) is 6.19. The van der Waals surface area contributed by atoms with Gasteiger partial charge in [0.15, 0.2) is 0 Å². The molecule has 0 saturated heterocycles. The van der Waals surface area contributed by atoms with Crippen LogP contribution in [0.1, 0.15) is 40.0 Å². The van der Waals surface area contributed by atoms with Crippen LogP contribution in [0.3, 0.4) is 0 Å². The van der Waals surface area contributed by atoms with Crippen LogP contribution in [0.25, 0.3) is 0 Å². The number of rotatable bonds is 7. The molecule has 0 aromatic rings. The zero-order valence-electron chi connectivity index (χ0n) is 9.82. The Hall–Kier alpha value is -1.46. The molecule has 0 N–H and O–H groups in total. The van der Waals surface area contributed by atoms with Crippen molar-refractivity contribution in [3.05, 3.63) is 10.1 Å². The first kappa shape index (κ1) is 14.5. The van der Waals surface area contributed by atoms with Crippen LogP contribution in [-0.4, -0.2) is 28.8 Å². The fraction of sp³-hybridized carbons (Fsp3) is 0.800. The van der Waals surface area contributed by atoms with Gasteiger partial charge in [-0.25, -0.2) is 0 Å². The van der Waals surface area contributed by atoms with Crippen molar-refractivity contribution in [1.29, 1.82) is 0 Å². The molecule has 0 aliphatic heterocycles. The second-order valence-corrected chi connectivity index (χ2v) is 4.09. The van der Waals surface area contributed by atoms with E-state index in [9.17, 15) is 19.7 Å². The van der Waals surface area contributed by atoms with Gasteiger partial charge in [-0.1, -0.05) is 0 Å². The summed E-state index contributed by atoms with van der Waals surface area (Å²) >= 11 is 0. The molecule has 0 fully saturated rings. The largest absolute Gasteiger partial charge is 0.466 e. The van der Waals surface area contributed by atoms with E-state index in [1.54, 1.807) is 6.92 Å². The third-order valence-electron chi connectivity index (χ3n) is 2.16. The zero-order valence-corrected chi connectivity index (χ0v) is 9.82. The van der Waals surface area contributed by atoms with Gasteiger partial charge in [0.1, 0.15) is 12.2 Å². The smallest absolute Gasteiger partial charge is 0.313 e. The lowest BCUT2D eigenvalue weighted by Crippen LogP contribution is -2.31. The Morgan fingerprint density at radius 1 is 1.38 bits per heavy atom. The Bertz CT molecular complexity index is 285. The summed E-state index contributed by atoms with van der Waals surface area (Å²) in [5.41, 5.74) is -1.13. The van der Waals surface area contributed by atoms with E-state index in [0.29, 0.717) is 0 Å². The third kappa shape index (κ3) is 5.43. The van der Waals surface area contributed by atoms with E-state index in [0.717, 1.165) is 0 Å². The SMILES string of the molecule is CCOC(=O)CC(=O)CCC(C)(C)[N+](=O)[O-]. The van der Waals surface area contributed by atoms with Crippen LogP contribution in [0.5, 0.6) is 0 Å². The number of Topliss-reactive ketones (excluding diaryl/α,β-unsaturated/α-hetero) is 1. The molecule has 0 heterocycles. The maximum atomic E-state index is 11.3. The summed E-state index contributed by atoms with van der Waals surface area (Å²) in [6, 6.07) is 0. The molecule has 0 radical (unpaired) electrons. The highest BCUT2D eigenvalue weighted by Crippen LogP contribution is 2.16. The lowest BCUT2D eigenvalue weighted by molar-refractivity contribution is -0.561. The standard InChI is InChI=1S/C10H17NO5/c1-4-16-9(13)7-8(12)5-6-10(2,3)11(14)15/h4-7H2,1-3H3. The zero-order chi connectivity index (χ0) is 12.8. The third-order valence-corrected chi connectivity index (χ3v) is 2.16. The van der Waals surface area contributed by atoms with Gasteiger partial charge in [-0.3, -0.25) is 19.7 Å². The molecular formula is C10H17NO5. The lowest BCUT2D eigenvalue weighted by atomic mass is 9.97. The first-order valence-electron chi connectivity index (χ1n) is 5.11. The number of carbonyl (C=O) groups excluding carboxylic acids is 2. The van der Waals surface area contributed by atoms with E-state index in [1.165, 1.54) is 13.8 Å². The molecule has 0 atom stereocenters. The first-order valence-corrected chi connectivity index (χ1v) is 5.11. The van der Waals surface area contributed by atoms with Crippen LogP contribution in [0, 0.1) is 10.1 Å². The van der Waals surface area contributed by atoms with Crippen molar-refractivity contribution in [2.24, 2.45) is 0 Å². The van der Waals surface area contributed by atoms with Crippen molar-refractivity contribution >= 4 is 11.8 Å². The van der Waals surface area contributed by atoms with E-state index in [4.69, 9.17) is 0 Å². The fourth-order valence-corrected chi connectivity index (χ4v) is 0.998. The summed E-state index contributed by atoms with van der Waals surface area (Å²) in [5.74, 6) is -0.903. The highest BCUT2D eigenvalue weighted by Gasteiger charge is 2.31. The molecule has 0 bridgehead atoms. The first-order chi connectivity index (χ1) is 7.29. The number of ketones is 1. The Labute approximate surface area is 94.1 Å². The molecule has 92 valence electrons. The number of nitrogens with zero attached hydrogens (tertiary/aromatic N) is 1. The van der Waals surface area contributed by atoms with E-state index in [-0.39, 0.29) is 31.7 Å². The Morgan fingerprint density at radius 3 is 2.38 bits per heavy atom. The van der Waals surface area contributed by atoms with Crippen molar-refractivity contribution in [2.45, 2.75) is 45.6 Å². The monoisotopic (exact) mass is 231 g/mol. The number of hydrogen-bond acceptors (Lipinski definition) is 5. The molecule has 6 heteroatoms. The van der Waals surface area contributed by atoms with Crippen molar-refractivity contribution in [2.75, 3.05) is 6.61 Å². The fourth-order valence-electron chi connectivity index (χ4n) is 0.998. The minimum atomic E-state index is -1.13. The summed E-state index contributed by atoms with van der Waals surface area (Å²) in [4.78, 5) is 32.3. The molecule has 0 aliphatic carbocycles. The highest BCUT2D eigenvalue weighted by molar-refractivity contribution is 5.95. The Morgan fingerprint density at radius 2 is 1.94 bits per heavy atom. The molecular weight excluding hydrogens is 214 g/mol. The van der Waals surface area contributed by atoms with E-state index in [2.05, 4.69) is 4.74 Å². The van der Waals surface area contributed by atoms with Crippen molar-refractivity contribution in [1.82, 2.24) is 0 Å². The van der Waals surface area contributed by atoms with Crippen LogP contribution in [0.15, 0.2) is 0 Å². The van der Waals surface area contributed by atoms with Gasteiger partial charge in [-0.05, 0) is 6.92 Å². The minimum Gasteiger partial charge on any atom is -0.466 e. The Balaban J connectivity index is 3.99. The number of hydrogen-bond donors (Lipinski definition) is 0. The van der Waals surface area contributed by atoms with E-state index in [1.807, 2.05) is 0 Å². The Kier molecular flexibility index (Phi) is 5.63.